The van der Waals surface area contributed by atoms with Crippen LogP contribution in [0.4, 0.5) is 5.69 Å². The van der Waals surface area contributed by atoms with Crippen molar-refractivity contribution in [3.8, 4) is 5.75 Å². The Morgan fingerprint density at radius 1 is 0.951 bits per heavy atom. The minimum Gasteiger partial charge on any atom is -0.495 e. The number of methoxy groups -OCH3 is 1. The summed E-state index contributed by atoms with van der Waals surface area (Å²) >= 11 is 0. The van der Waals surface area contributed by atoms with Crippen LogP contribution in [0.3, 0.4) is 0 Å². The first-order valence-electron chi connectivity index (χ1n) is 14.1. The van der Waals surface area contributed by atoms with Crippen molar-refractivity contribution in [1.82, 2.24) is 10.2 Å². The van der Waals surface area contributed by atoms with Gasteiger partial charge in [0.2, 0.25) is 11.8 Å². The lowest BCUT2D eigenvalue weighted by molar-refractivity contribution is -0.140. The molecule has 3 aromatic carbocycles. The minimum absolute atomic E-state index is 0.0511. The quantitative estimate of drug-likeness (QED) is 0.325. The summed E-state index contributed by atoms with van der Waals surface area (Å²) in [5, 5.41) is 3.14. The standard InChI is InChI=1S/C32H39N3O5S/c1-4-28(32(37)33-26-16-10-11-17-26)34(22-25-15-9-8-14-24(25)2)31(36)23-35(29-20-12-13-21-30(29)40-3)41(38,39)27-18-6-5-7-19-27/h5-9,12-15,18-21,26,28H,4,10-11,16-17,22-23H2,1-3H3,(H,33,37)/t28-/m1/s1. The van der Waals surface area contributed by atoms with Gasteiger partial charge in [0.15, 0.2) is 0 Å². The summed E-state index contributed by atoms with van der Waals surface area (Å²) in [7, 11) is -2.71. The summed E-state index contributed by atoms with van der Waals surface area (Å²) in [6.45, 7) is 3.50. The third-order valence-corrected chi connectivity index (χ3v) is 9.43. The van der Waals surface area contributed by atoms with Gasteiger partial charge in [-0.1, -0.05) is 74.4 Å². The van der Waals surface area contributed by atoms with Gasteiger partial charge in [0.25, 0.3) is 10.0 Å². The number of nitrogens with zero attached hydrogens (tertiary/aromatic N) is 2. The monoisotopic (exact) mass is 577 g/mol. The fourth-order valence-electron chi connectivity index (χ4n) is 5.33. The number of amides is 2. The van der Waals surface area contributed by atoms with Gasteiger partial charge in [-0.25, -0.2) is 8.42 Å². The van der Waals surface area contributed by atoms with Crippen LogP contribution in [0.15, 0.2) is 83.8 Å². The second-order valence-electron chi connectivity index (χ2n) is 10.4. The molecule has 9 heteroatoms. The van der Waals surface area contributed by atoms with E-state index in [0.29, 0.717) is 12.2 Å². The molecule has 1 atom stereocenters. The highest BCUT2D eigenvalue weighted by atomic mass is 32.2. The van der Waals surface area contributed by atoms with E-state index in [1.807, 2.05) is 38.1 Å². The van der Waals surface area contributed by atoms with Gasteiger partial charge < -0.3 is 15.0 Å². The van der Waals surface area contributed by atoms with E-state index in [0.717, 1.165) is 41.1 Å². The molecule has 0 radical (unpaired) electrons. The van der Waals surface area contributed by atoms with Crippen LogP contribution in [0, 0.1) is 6.92 Å². The number of aryl methyl sites for hydroxylation is 1. The molecular formula is C32H39N3O5S. The van der Waals surface area contributed by atoms with Crippen LogP contribution in [0.5, 0.6) is 5.75 Å². The molecule has 1 N–H and O–H groups in total. The molecule has 1 saturated carbocycles. The van der Waals surface area contributed by atoms with Crippen LogP contribution in [0.1, 0.15) is 50.2 Å². The molecule has 0 saturated heterocycles. The molecule has 8 nitrogen and oxygen atoms in total. The second kappa shape index (κ2) is 13.7. The SMILES string of the molecule is CC[C@H](C(=O)NC1CCCC1)N(Cc1ccccc1C)C(=O)CN(c1ccccc1OC)S(=O)(=O)c1ccccc1. The number of rotatable bonds is 12. The zero-order chi connectivity index (χ0) is 29.4. The van der Waals surface area contributed by atoms with Gasteiger partial charge in [-0.2, -0.15) is 0 Å². The third-order valence-electron chi connectivity index (χ3n) is 7.65. The van der Waals surface area contributed by atoms with Crippen LogP contribution >= 0.6 is 0 Å². The average molecular weight is 578 g/mol. The van der Waals surface area contributed by atoms with Gasteiger partial charge >= 0.3 is 0 Å². The lowest BCUT2D eigenvalue weighted by Gasteiger charge is -2.34. The number of para-hydroxylation sites is 2. The zero-order valence-corrected chi connectivity index (χ0v) is 24.8. The fourth-order valence-corrected chi connectivity index (χ4v) is 6.77. The van der Waals surface area contributed by atoms with E-state index in [9.17, 15) is 18.0 Å². The normalized spacial score (nSPS) is 14.3. The van der Waals surface area contributed by atoms with E-state index in [4.69, 9.17) is 4.74 Å². The molecule has 0 bridgehead atoms. The van der Waals surface area contributed by atoms with Crippen molar-refractivity contribution in [1.29, 1.82) is 0 Å². The summed E-state index contributed by atoms with van der Waals surface area (Å²) in [5.41, 5.74) is 2.11. The number of anilines is 1. The van der Waals surface area contributed by atoms with E-state index in [1.54, 1.807) is 42.5 Å². The lowest BCUT2D eigenvalue weighted by atomic mass is 10.1. The van der Waals surface area contributed by atoms with E-state index in [1.165, 1.54) is 24.1 Å². The molecule has 4 rings (SSSR count). The van der Waals surface area contributed by atoms with Gasteiger partial charge in [0.05, 0.1) is 17.7 Å². The molecular weight excluding hydrogens is 538 g/mol. The molecule has 218 valence electrons. The van der Waals surface area contributed by atoms with E-state index in [-0.39, 0.29) is 29.1 Å². The molecule has 0 aliphatic heterocycles. The Morgan fingerprint density at radius 3 is 2.24 bits per heavy atom. The second-order valence-corrected chi connectivity index (χ2v) is 12.2. The van der Waals surface area contributed by atoms with Crippen LogP contribution in [-0.4, -0.2) is 50.9 Å². The van der Waals surface area contributed by atoms with Gasteiger partial charge in [0.1, 0.15) is 18.3 Å². The maximum atomic E-state index is 14.3. The van der Waals surface area contributed by atoms with Gasteiger partial charge in [-0.3, -0.25) is 13.9 Å². The summed E-state index contributed by atoms with van der Waals surface area (Å²) < 4.78 is 34.6. The highest BCUT2D eigenvalue weighted by molar-refractivity contribution is 7.92. The first-order valence-corrected chi connectivity index (χ1v) is 15.6. The average Bonchev–Trinajstić information content (AvgIpc) is 3.50. The summed E-state index contributed by atoms with van der Waals surface area (Å²) in [5.74, 6) is -0.376. The molecule has 2 amide bonds. The van der Waals surface area contributed by atoms with E-state index < -0.39 is 28.5 Å². The first-order chi connectivity index (χ1) is 19.8. The number of nitrogens with one attached hydrogen (secondary N) is 1. The Kier molecular flexibility index (Phi) is 10.0. The van der Waals surface area contributed by atoms with Gasteiger partial charge in [-0.15, -0.1) is 0 Å². The Balaban J connectivity index is 1.74. The summed E-state index contributed by atoms with van der Waals surface area (Å²) in [6.07, 6.45) is 4.36. The topological polar surface area (TPSA) is 96.0 Å². The van der Waals surface area contributed by atoms with E-state index in [2.05, 4.69) is 5.32 Å². The molecule has 1 aliphatic rings. The molecule has 41 heavy (non-hydrogen) atoms. The maximum absolute atomic E-state index is 14.3. The smallest absolute Gasteiger partial charge is 0.264 e. The molecule has 0 aromatic heterocycles. The molecule has 0 heterocycles. The molecule has 1 fully saturated rings. The van der Waals surface area contributed by atoms with Crippen molar-refractivity contribution in [3.05, 3.63) is 90.0 Å². The number of carbonyl (C=O) groups excluding carboxylic acids is 2. The predicted octanol–water partition coefficient (Wildman–Crippen LogP) is 5.07. The minimum atomic E-state index is -4.16. The third kappa shape index (κ3) is 7.08. The van der Waals surface area contributed by atoms with Crippen LogP contribution in [0.2, 0.25) is 0 Å². The van der Waals surface area contributed by atoms with Gasteiger partial charge in [0, 0.05) is 12.6 Å². The number of benzene rings is 3. The first kappa shape index (κ1) is 30.1. The van der Waals surface area contributed by atoms with Crippen molar-refractivity contribution in [2.24, 2.45) is 0 Å². The number of sulfonamides is 1. The molecule has 0 spiro atoms. The van der Waals surface area contributed by atoms with Crippen LogP contribution < -0.4 is 14.4 Å². The number of hydrogen-bond donors (Lipinski definition) is 1. The van der Waals surface area contributed by atoms with E-state index >= 15 is 0 Å². The molecule has 1 aliphatic carbocycles. The highest BCUT2D eigenvalue weighted by Gasteiger charge is 2.35. The Hall–Kier alpha value is -3.85. The summed E-state index contributed by atoms with van der Waals surface area (Å²) in [4.78, 5) is 29.4. The van der Waals surface area contributed by atoms with Crippen molar-refractivity contribution < 1.29 is 22.7 Å². The number of ether oxygens (including phenoxy) is 1. The maximum Gasteiger partial charge on any atom is 0.264 e. The van der Waals surface area contributed by atoms with Crippen molar-refractivity contribution in [3.63, 3.8) is 0 Å². The Bertz CT molecular complexity index is 1440. The predicted molar refractivity (Wildman–Crippen MR) is 160 cm³/mol. The largest absolute Gasteiger partial charge is 0.495 e. The van der Waals surface area contributed by atoms with Gasteiger partial charge in [-0.05, 0) is 61.6 Å². The lowest BCUT2D eigenvalue weighted by Crippen LogP contribution is -2.53. The highest BCUT2D eigenvalue weighted by Crippen LogP contribution is 2.32. The Labute approximate surface area is 243 Å². The fraction of sp³-hybridized carbons (Fsp3) is 0.375. The Morgan fingerprint density at radius 2 is 1.59 bits per heavy atom. The van der Waals surface area contributed by atoms with Crippen molar-refractivity contribution in [2.45, 2.75) is 69.5 Å². The summed E-state index contributed by atoms with van der Waals surface area (Å²) in [6, 6.07) is 21.7. The number of hydrogen-bond acceptors (Lipinski definition) is 5. The van der Waals surface area contributed by atoms with Crippen LogP contribution in [0.25, 0.3) is 0 Å². The zero-order valence-electron chi connectivity index (χ0n) is 24.0. The van der Waals surface area contributed by atoms with Crippen molar-refractivity contribution >= 4 is 27.5 Å². The number of carbonyl (C=O) groups is 2. The van der Waals surface area contributed by atoms with Crippen LogP contribution in [-0.2, 0) is 26.2 Å². The van der Waals surface area contributed by atoms with Crippen molar-refractivity contribution in [2.75, 3.05) is 18.0 Å². The molecule has 3 aromatic rings. The molecule has 0 unspecified atom stereocenters.